The molecule has 0 heterocycles. The average Bonchev–Trinajstić information content (AvgIpc) is 2.16. The fraction of sp³-hybridized carbons (Fsp3) is 1.00. The molecule has 86 valence electrons. The van der Waals surface area contributed by atoms with E-state index in [0.29, 0.717) is 0 Å². The van der Waals surface area contributed by atoms with Gasteiger partial charge in [0.2, 0.25) is 0 Å². The Labute approximate surface area is 91.7 Å². The highest BCUT2D eigenvalue weighted by Gasteiger charge is 2.29. The van der Waals surface area contributed by atoms with Crippen LogP contribution in [-0.2, 0) is 0 Å². The van der Waals surface area contributed by atoms with Crippen LogP contribution in [0.3, 0.4) is 0 Å². The van der Waals surface area contributed by atoms with Gasteiger partial charge in [-0.1, -0.05) is 78.3 Å². The molecule has 0 rings (SSSR count). The summed E-state index contributed by atoms with van der Waals surface area (Å²) in [5.41, 5.74) is 0. The first kappa shape index (κ1) is 16.5. The molecule has 0 radical (unpaired) electrons. The second-order valence-electron chi connectivity index (χ2n) is 4.73. The van der Waals surface area contributed by atoms with Crippen molar-refractivity contribution in [2.24, 2.45) is 0 Å². The SMILES string of the molecule is CCC(C)B(C(C)CC)C(C)CC.N. The highest BCUT2D eigenvalue weighted by Crippen LogP contribution is 2.35. The summed E-state index contributed by atoms with van der Waals surface area (Å²) < 4.78 is 0. The third-order valence-electron chi connectivity index (χ3n) is 3.90. The minimum atomic E-state index is 0. The van der Waals surface area contributed by atoms with Crippen molar-refractivity contribution < 1.29 is 0 Å². The Morgan fingerprint density at radius 2 is 0.929 bits per heavy atom. The Hall–Kier alpha value is 0.0249. The normalized spacial score (nSPS) is 16.7. The topological polar surface area (TPSA) is 35.0 Å². The van der Waals surface area contributed by atoms with Crippen LogP contribution in [0.2, 0.25) is 17.5 Å². The summed E-state index contributed by atoms with van der Waals surface area (Å²) in [6.07, 6.45) is 4.00. The zero-order valence-electron chi connectivity index (χ0n) is 11.1. The minimum absolute atomic E-state index is 0. The summed E-state index contributed by atoms with van der Waals surface area (Å²) >= 11 is 0. The van der Waals surface area contributed by atoms with E-state index < -0.39 is 0 Å². The number of hydrogen-bond donors (Lipinski definition) is 1. The van der Waals surface area contributed by atoms with Gasteiger partial charge in [0.25, 0.3) is 0 Å². The van der Waals surface area contributed by atoms with Crippen molar-refractivity contribution in [3.8, 4) is 0 Å². The van der Waals surface area contributed by atoms with E-state index in [9.17, 15) is 0 Å². The zero-order chi connectivity index (χ0) is 10.4. The molecule has 3 atom stereocenters. The molecule has 1 nitrogen and oxygen atoms in total. The van der Waals surface area contributed by atoms with E-state index in [0.717, 1.165) is 24.2 Å². The Balaban J connectivity index is 0. The molecule has 0 aliphatic heterocycles. The third kappa shape index (κ3) is 4.50. The van der Waals surface area contributed by atoms with E-state index in [-0.39, 0.29) is 6.15 Å². The molecular formula is C12H30BN. The van der Waals surface area contributed by atoms with Gasteiger partial charge in [0, 0.05) is 0 Å². The van der Waals surface area contributed by atoms with Gasteiger partial charge in [-0.15, -0.1) is 0 Å². The second kappa shape index (κ2) is 8.34. The fourth-order valence-electron chi connectivity index (χ4n) is 2.50. The van der Waals surface area contributed by atoms with Crippen molar-refractivity contribution in [2.75, 3.05) is 0 Å². The zero-order valence-corrected chi connectivity index (χ0v) is 11.1. The lowest BCUT2D eigenvalue weighted by Gasteiger charge is -2.30. The first-order chi connectivity index (χ1) is 6.08. The molecule has 2 heteroatoms. The minimum Gasteiger partial charge on any atom is -0.344 e. The van der Waals surface area contributed by atoms with Crippen molar-refractivity contribution in [1.82, 2.24) is 6.15 Å². The molecule has 0 aromatic heterocycles. The Kier molecular flexibility index (Phi) is 9.81. The van der Waals surface area contributed by atoms with Gasteiger partial charge < -0.3 is 6.15 Å². The van der Waals surface area contributed by atoms with E-state index in [1.165, 1.54) is 19.3 Å². The lowest BCUT2D eigenvalue weighted by atomic mass is 9.28. The van der Waals surface area contributed by atoms with Crippen molar-refractivity contribution >= 4 is 6.71 Å². The summed E-state index contributed by atoms with van der Waals surface area (Å²) in [7, 11) is 0. The lowest BCUT2D eigenvalue weighted by Crippen LogP contribution is -2.28. The molecule has 0 saturated carbocycles. The molecule has 3 unspecified atom stereocenters. The van der Waals surface area contributed by atoms with Gasteiger partial charge in [-0.3, -0.25) is 0 Å². The molecule has 0 spiro atoms. The van der Waals surface area contributed by atoms with Crippen LogP contribution < -0.4 is 6.15 Å². The maximum absolute atomic E-state index is 2.42. The van der Waals surface area contributed by atoms with Gasteiger partial charge >= 0.3 is 0 Å². The molecule has 0 amide bonds. The number of hydrogen-bond acceptors (Lipinski definition) is 1. The summed E-state index contributed by atoms with van der Waals surface area (Å²) in [5.74, 6) is 2.68. The molecule has 0 saturated heterocycles. The summed E-state index contributed by atoms with van der Waals surface area (Å²) in [5, 5.41) is 0. The van der Waals surface area contributed by atoms with Gasteiger partial charge in [-0.25, -0.2) is 0 Å². The quantitative estimate of drug-likeness (QED) is 0.597. The largest absolute Gasteiger partial charge is 0.344 e. The van der Waals surface area contributed by atoms with Gasteiger partial charge in [0.15, 0.2) is 0 Å². The third-order valence-corrected chi connectivity index (χ3v) is 3.90. The maximum Gasteiger partial charge on any atom is 0.148 e. The van der Waals surface area contributed by atoms with Crippen LogP contribution in [0.4, 0.5) is 0 Å². The average molecular weight is 199 g/mol. The Bertz CT molecular complexity index is 104. The Morgan fingerprint density at radius 3 is 1.07 bits per heavy atom. The molecule has 0 aromatic carbocycles. The van der Waals surface area contributed by atoms with Crippen LogP contribution in [0.5, 0.6) is 0 Å². The van der Waals surface area contributed by atoms with E-state index in [2.05, 4.69) is 41.5 Å². The van der Waals surface area contributed by atoms with Crippen LogP contribution in [0, 0.1) is 0 Å². The van der Waals surface area contributed by atoms with Gasteiger partial charge in [-0.05, 0) is 0 Å². The molecular weight excluding hydrogens is 169 g/mol. The predicted molar refractivity (Wildman–Crippen MR) is 69.9 cm³/mol. The van der Waals surface area contributed by atoms with Crippen molar-refractivity contribution in [2.45, 2.75) is 78.3 Å². The van der Waals surface area contributed by atoms with Crippen LogP contribution in [0.25, 0.3) is 0 Å². The predicted octanol–water partition coefficient (Wildman–Crippen LogP) is 5.04. The standard InChI is InChI=1S/C12H27B.H3N/c1-7-10(4)13(11(5)8-2)12(6)9-3;/h10-12H,7-9H2,1-6H3;1H3. The van der Waals surface area contributed by atoms with E-state index in [1.54, 1.807) is 0 Å². The lowest BCUT2D eigenvalue weighted by molar-refractivity contribution is 0.720. The van der Waals surface area contributed by atoms with Crippen molar-refractivity contribution in [1.29, 1.82) is 0 Å². The summed E-state index contributed by atoms with van der Waals surface area (Å²) in [6, 6.07) is 0. The first-order valence-corrected chi connectivity index (χ1v) is 6.08. The second-order valence-corrected chi connectivity index (χ2v) is 4.73. The maximum atomic E-state index is 2.42. The molecule has 0 aliphatic rings. The van der Waals surface area contributed by atoms with Gasteiger partial charge in [0.05, 0.1) is 0 Å². The summed E-state index contributed by atoms with van der Waals surface area (Å²) in [4.78, 5) is 0. The molecule has 0 fully saturated rings. The van der Waals surface area contributed by atoms with Crippen LogP contribution in [0.1, 0.15) is 60.8 Å². The van der Waals surface area contributed by atoms with E-state index in [4.69, 9.17) is 0 Å². The van der Waals surface area contributed by atoms with Crippen LogP contribution >= 0.6 is 0 Å². The highest BCUT2D eigenvalue weighted by atomic mass is 14.1. The fourth-order valence-corrected chi connectivity index (χ4v) is 2.50. The first-order valence-electron chi connectivity index (χ1n) is 6.08. The number of rotatable bonds is 6. The van der Waals surface area contributed by atoms with Crippen molar-refractivity contribution in [3.63, 3.8) is 0 Å². The van der Waals surface area contributed by atoms with Gasteiger partial charge in [-0.2, -0.15) is 0 Å². The molecule has 0 bridgehead atoms. The van der Waals surface area contributed by atoms with E-state index >= 15 is 0 Å². The molecule has 14 heavy (non-hydrogen) atoms. The molecule has 0 aliphatic carbocycles. The van der Waals surface area contributed by atoms with E-state index in [1.807, 2.05) is 0 Å². The summed E-state index contributed by atoms with van der Waals surface area (Å²) in [6.45, 7) is 15.2. The monoisotopic (exact) mass is 199 g/mol. The Morgan fingerprint density at radius 1 is 0.714 bits per heavy atom. The molecule has 3 N–H and O–H groups in total. The molecule has 0 aromatic rings. The van der Waals surface area contributed by atoms with Crippen molar-refractivity contribution in [3.05, 3.63) is 0 Å². The smallest absolute Gasteiger partial charge is 0.148 e. The van der Waals surface area contributed by atoms with Crippen LogP contribution in [-0.4, -0.2) is 6.71 Å². The van der Waals surface area contributed by atoms with Gasteiger partial charge in [0.1, 0.15) is 6.71 Å². The van der Waals surface area contributed by atoms with Crippen LogP contribution in [0.15, 0.2) is 0 Å². The highest BCUT2D eigenvalue weighted by molar-refractivity contribution is 6.63.